The SMILES string of the molecule is C=C(NOC(=O)c1ccc(C)cc1)C(=O)c1ccc(Br)cc1. The van der Waals surface area contributed by atoms with Gasteiger partial charge in [-0.1, -0.05) is 40.2 Å². The summed E-state index contributed by atoms with van der Waals surface area (Å²) in [6.07, 6.45) is 0. The first kappa shape index (κ1) is 16.0. The van der Waals surface area contributed by atoms with Crippen molar-refractivity contribution in [3.63, 3.8) is 0 Å². The fourth-order valence-electron chi connectivity index (χ4n) is 1.68. The molecule has 0 amide bonds. The number of allylic oxidation sites excluding steroid dienone is 1. The van der Waals surface area contributed by atoms with Crippen molar-refractivity contribution in [2.24, 2.45) is 0 Å². The molecular formula is C17H14BrNO3. The van der Waals surface area contributed by atoms with Crippen LogP contribution in [0.5, 0.6) is 0 Å². The Labute approximate surface area is 136 Å². The van der Waals surface area contributed by atoms with Gasteiger partial charge in [-0.15, -0.1) is 0 Å². The van der Waals surface area contributed by atoms with Crippen LogP contribution < -0.4 is 5.48 Å². The first-order valence-electron chi connectivity index (χ1n) is 6.50. The van der Waals surface area contributed by atoms with E-state index in [1.54, 1.807) is 48.5 Å². The Bertz CT molecular complexity index is 706. The lowest BCUT2D eigenvalue weighted by molar-refractivity contribution is 0.0321. The molecular weight excluding hydrogens is 346 g/mol. The van der Waals surface area contributed by atoms with Gasteiger partial charge in [0.1, 0.15) is 5.70 Å². The zero-order chi connectivity index (χ0) is 16.1. The Balaban J connectivity index is 1.94. The lowest BCUT2D eigenvalue weighted by Crippen LogP contribution is -2.23. The van der Waals surface area contributed by atoms with E-state index in [2.05, 4.69) is 28.0 Å². The van der Waals surface area contributed by atoms with Gasteiger partial charge < -0.3 is 4.84 Å². The van der Waals surface area contributed by atoms with Crippen LogP contribution in [0.15, 0.2) is 65.3 Å². The quantitative estimate of drug-likeness (QED) is 0.500. The summed E-state index contributed by atoms with van der Waals surface area (Å²) >= 11 is 3.29. The van der Waals surface area contributed by atoms with Crippen LogP contribution in [0.4, 0.5) is 0 Å². The van der Waals surface area contributed by atoms with E-state index in [-0.39, 0.29) is 11.5 Å². The second-order valence-electron chi connectivity index (χ2n) is 4.67. The Hall–Kier alpha value is -2.40. The van der Waals surface area contributed by atoms with Gasteiger partial charge >= 0.3 is 5.97 Å². The van der Waals surface area contributed by atoms with Gasteiger partial charge in [-0.05, 0) is 43.3 Å². The molecule has 0 aliphatic heterocycles. The number of hydrogen-bond donors (Lipinski definition) is 1. The van der Waals surface area contributed by atoms with Gasteiger partial charge in [-0.25, -0.2) is 10.3 Å². The van der Waals surface area contributed by atoms with E-state index in [0.29, 0.717) is 11.1 Å². The van der Waals surface area contributed by atoms with Crippen LogP contribution in [0.2, 0.25) is 0 Å². The van der Waals surface area contributed by atoms with Crippen molar-refractivity contribution >= 4 is 27.7 Å². The molecule has 0 bridgehead atoms. The first-order valence-corrected chi connectivity index (χ1v) is 7.29. The van der Waals surface area contributed by atoms with E-state index >= 15 is 0 Å². The Morgan fingerprint density at radius 3 is 2.14 bits per heavy atom. The van der Waals surface area contributed by atoms with Gasteiger partial charge in [0.2, 0.25) is 5.78 Å². The molecule has 2 rings (SSSR count). The first-order chi connectivity index (χ1) is 10.5. The molecule has 2 aromatic carbocycles. The smallest absolute Gasteiger partial charge is 0.338 e. The minimum Gasteiger partial charge on any atom is -0.338 e. The van der Waals surface area contributed by atoms with Crippen LogP contribution in [-0.4, -0.2) is 11.8 Å². The number of nitrogens with one attached hydrogen (secondary N) is 1. The molecule has 1 N–H and O–H groups in total. The summed E-state index contributed by atoms with van der Waals surface area (Å²) < 4.78 is 0.869. The zero-order valence-corrected chi connectivity index (χ0v) is 13.5. The highest BCUT2D eigenvalue weighted by atomic mass is 79.9. The van der Waals surface area contributed by atoms with Gasteiger partial charge in [0.15, 0.2) is 0 Å². The predicted molar refractivity (Wildman–Crippen MR) is 87.3 cm³/mol. The number of hydroxylamine groups is 1. The van der Waals surface area contributed by atoms with Crippen molar-refractivity contribution in [2.75, 3.05) is 0 Å². The molecule has 5 heteroatoms. The average molecular weight is 360 g/mol. The highest BCUT2D eigenvalue weighted by Crippen LogP contribution is 2.13. The van der Waals surface area contributed by atoms with Crippen molar-refractivity contribution in [1.29, 1.82) is 0 Å². The highest BCUT2D eigenvalue weighted by Gasteiger charge is 2.13. The van der Waals surface area contributed by atoms with Crippen LogP contribution in [-0.2, 0) is 4.84 Å². The average Bonchev–Trinajstić information content (AvgIpc) is 2.53. The zero-order valence-electron chi connectivity index (χ0n) is 11.9. The lowest BCUT2D eigenvalue weighted by atomic mass is 10.1. The summed E-state index contributed by atoms with van der Waals surface area (Å²) in [5, 5.41) is 0. The molecule has 22 heavy (non-hydrogen) atoms. The second-order valence-corrected chi connectivity index (χ2v) is 5.59. The number of aryl methyl sites for hydroxylation is 1. The van der Waals surface area contributed by atoms with Crippen molar-refractivity contribution < 1.29 is 14.4 Å². The third kappa shape index (κ3) is 4.05. The monoisotopic (exact) mass is 359 g/mol. The molecule has 0 unspecified atom stereocenters. The maximum atomic E-state index is 12.1. The minimum absolute atomic E-state index is 0.0113. The molecule has 2 aromatic rings. The molecule has 0 atom stereocenters. The number of ketones is 1. The van der Waals surface area contributed by atoms with Crippen LogP contribution in [0.1, 0.15) is 26.3 Å². The number of carbonyl (C=O) groups excluding carboxylic acids is 2. The van der Waals surface area contributed by atoms with Crippen molar-refractivity contribution in [1.82, 2.24) is 5.48 Å². The van der Waals surface area contributed by atoms with E-state index in [1.165, 1.54) is 0 Å². The highest BCUT2D eigenvalue weighted by molar-refractivity contribution is 9.10. The molecule has 0 radical (unpaired) electrons. The molecule has 0 aliphatic carbocycles. The fourth-order valence-corrected chi connectivity index (χ4v) is 1.94. The largest absolute Gasteiger partial charge is 0.362 e. The fraction of sp³-hybridized carbons (Fsp3) is 0.0588. The third-order valence-electron chi connectivity index (χ3n) is 2.93. The van der Waals surface area contributed by atoms with Gasteiger partial charge in [0, 0.05) is 10.0 Å². The summed E-state index contributed by atoms with van der Waals surface area (Å²) in [4.78, 5) is 28.8. The van der Waals surface area contributed by atoms with Gasteiger partial charge in [-0.3, -0.25) is 4.79 Å². The minimum atomic E-state index is -0.579. The standard InChI is InChI=1S/C17H14BrNO3/c1-11-3-5-14(6-4-11)17(21)22-19-12(2)16(20)13-7-9-15(18)10-8-13/h3-10,19H,2H2,1H3. The molecule has 112 valence electrons. The summed E-state index contributed by atoms with van der Waals surface area (Å²) in [6.45, 7) is 5.51. The van der Waals surface area contributed by atoms with Gasteiger partial charge in [0.05, 0.1) is 5.56 Å². The van der Waals surface area contributed by atoms with E-state index < -0.39 is 5.97 Å². The molecule has 4 nitrogen and oxygen atoms in total. The number of Topliss-reactive ketones (excluding diaryl/α,β-unsaturated/α-hetero) is 1. The lowest BCUT2D eigenvalue weighted by Gasteiger charge is -2.09. The number of benzene rings is 2. The van der Waals surface area contributed by atoms with E-state index in [4.69, 9.17) is 4.84 Å². The second kappa shape index (κ2) is 7.04. The Kier molecular flexibility index (Phi) is 5.12. The molecule has 0 saturated carbocycles. The predicted octanol–water partition coefficient (Wildman–Crippen LogP) is 3.82. The third-order valence-corrected chi connectivity index (χ3v) is 3.46. The number of halogens is 1. The molecule has 0 saturated heterocycles. The maximum Gasteiger partial charge on any atom is 0.362 e. The topological polar surface area (TPSA) is 55.4 Å². The summed E-state index contributed by atoms with van der Waals surface area (Å²) in [5.41, 5.74) is 4.17. The van der Waals surface area contributed by atoms with Crippen molar-refractivity contribution in [2.45, 2.75) is 6.92 Å². The normalized spacial score (nSPS) is 9.91. The molecule has 0 aromatic heterocycles. The van der Waals surface area contributed by atoms with Crippen LogP contribution in [0, 0.1) is 6.92 Å². The van der Waals surface area contributed by atoms with Gasteiger partial charge in [0.25, 0.3) is 0 Å². The maximum absolute atomic E-state index is 12.1. The van der Waals surface area contributed by atoms with Crippen molar-refractivity contribution in [3.8, 4) is 0 Å². The van der Waals surface area contributed by atoms with Crippen LogP contribution in [0.3, 0.4) is 0 Å². The van der Waals surface area contributed by atoms with Crippen LogP contribution in [0.25, 0.3) is 0 Å². The van der Waals surface area contributed by atoms with E-state index in [1.807, 2.05) is 6.92 Å². The molecule has 0 spiro atoms. The molecule has 0 aliphatic rings. The summed E-state index contributed by atoms with van der Waals surface area (Å²) in [7, 11) is 0. The van der Waals surface area contributed by atoms with E-state index in [0.717, 1.165) is 10.0 Å². The number of rotatable bonds is 5. The number of hydrogen-bond acceptors (Lipinski definition) is 4. The van der Waals surface area contributed by atoms with Crippen molar-refractivity contribution in [3.05, 3.63) is 82.0 Å². The summed E-state index contributed by atoms with van der Waals surface area (Å²) in [5.74, 6) is -0.922. The molecule has 0 heterocycles. The Morgan fingerprint density at radius 1 is 1.00 bits per heavy atom. The van der Waals surface area contributed by atoms with E-state index in [9.17, 15) is 9.59 Å². The van der Waals surface area contributed by atoms with Crippen LogP contribution >= 0.6 is 15.9 Å². The summed E-state index contributed by atoms with van der Waals surface area (Å²) in [6, 6.07) is 13.7. The molecule has 0 fully saturated rings. The number of carbonyl (C=O) groups is 2. The Morgan fingerprint density at radius 2 is 1.55 bits per heavy atom. The van der Waals surface area contributed by atoms with Gasteiger partial charge in [-0.2, -0.15) is 0 Å².